The summed E-state index contributed by atoms with van der Waals surface area (Å²) in [4.78, 5) is 12.9. The molecule has 0 bridgehead atoms. The minimum Gasteiger partial charge on any atom is -0.345 e. The normalized spacial score (nSPS) is 12.0. The van der Waals surface area contributed by atoms with E-state index in [2.05, 4.69) is 0 Å². The predicted octanol–water partition coefficient (Wildman–Crippen LogP) is -0.445. The molecule has 0 aliphatic carbocycles. The number of carbonyl (C=O) groups excluding carboxylic acids is 1. The molecule has 0 aromatic heterocycles. The van der Waals surface area contributed by atoms with Crippen LogP contribution in [0.1, 0.15) is 6.92 Å². The van der Waals surface area contributed by atoms with Crippen LogP contribution in [0.5, 0.6) is 0 Å². The van der Waals surface area contributed by atoms with Crippen molar-refractivity contribution < 1.29 is 4.79 Å². The Balaban J connectivity index is 4.37. The van der Waals surface area contributed by atoms with Crippen LogP contribution in [0.25, 0.3) is 0 Å². The van der Waals surface area contributed by atoms with Gasteiger partial charge in [-0.15, -0.1) is 0 Å². The van der Waals surface area contributed by atoms with Crippen molar-refractivity contribution in [1.82, 2.24) is 4.90 Å². The average Bonchev–Trinajstić information content (AvgIpc) is 2.12. The first-order chi connectivity index (χ1) is 6.02. The minimum atomic E-state index is 0.00639. The molecule has 0 saturated carbocycles. The molecular weight excluding hydrogens is 166 g/mol. The SMILES string of the molecule is C/C(=C\C(CN)CN)C(=O)N(C)C. The van der Waals surface area contributed by atoms with Crippen LogP contribution in [-0.2, 0) is 4.79 Å². The van der Waals surface area contributed by atoms with Crippen LogP contribution in [0.3, 0.4) is 0 Å². The Morgan fingerprint density at radius 2 is 1.85 bits per heavy atom. The van der Waals surface area contributed by atoms with Crippen molar-refractivity contribution in [1.29, 1.82) is 0 Å². The van der Waals surface area contributed by atoms with Gasteiger partial charge < -0.3 is 16.4 Å². The Bertz CT molecular complexity index is 195. The van der Waals surface area contributed by atoms with Gasteiger partial charge in [0.2, 0.25) is 5.91 Å². The Morgan fingerprint density at radius 3 is 2.15 bits per heavy atom. The number of carbonyl (C=O) groups is 1. The van der Waals surface area contributed by atoms with Crippen molar-refractivity contribution in [2.75, 3.05) is 27.2 Å². The number of nitrogens with two attached hydrogens (primary N) is 2. The van der Waals surface area contributed by atoms with Crippen LogP contribution in [0.2, 0.25) is 0 Å². The number of hydrogen-bond acceptors (Lipinski definition) is 3. The van der Waals surface area contributed by atoms with E-state index in [0.29, 0.717) is 18.7 Å². The molecule has 0 aromatic rings. The van der Waals surface area contributed by atoms with Crippen molar-refractivity contribution in [3.8, 4) is 0 Å². The lowest BCUT2D eigenvalue weighted by atomic mass is 10.1. The van der Waals surface area contributed by atoms with Crippen molar-refractivity contribution >= 4 is 5.91 Å². The Kier molecular flexibility index (Phi) is 5.34. The van der Waals surface area contributed by atoms with Crippen LogP contribution >= 0.6 is 0 Å². The molecule has 0 rings (SSSR count). The van der Waals surface area contributed by atoms with E-state index >= 15 is 0 Å². The number of nitrogens with zero attached hydrogens (tertiary/aromatic N) is 1. The van der Waals surface area contributed by atoms with Gasteiger partial charge in [-0.25, -0.2) is 0 Å². The van der Waals surface area contributed by atoms with Gasteiger partial charge in [-0.05, 0) is 20.0 Å². The first-order valence-electron chi connectivity index (χ1n) is 4.33. The molecule has 0 spiro atoms. The summed E-state index contributed by atoms with van der Waals surface area (Å²) >= 11 is 0. The number of hydrogen-bond donors (Lipinski definition) is 2. The molecule has 13 heavy (non-hydrogen) atoms. The van der Waals surface area contributed by atoms with Crippen LogP contribution in [-0.4, -0.2) is 38.0 Å². The molecule has 0 fully saturated rings. The third kappa shape index (κ3) is 4.05. The summed E-state index contributed by atoms with van der Waals surface area (Å²) in [5.74, 6) is 0.107. The first-order valence-corrected chi connectivity index (χ1v) is 4.33. The third-order valence-corrected chi connectivity index (χ3v) is 1.83. The maximum atomic E-state index is 11.4. The van der Waals surface area contributed by atoms with E-state index in [-0.39, 0.29) is 11.8 Å². The number of amides is 1. The second-order valence-corrected chi connectivity index (χ2v) is 3.28. The van der Waals surface area contributed by atoms with E-state index in [1.54, 1.807) is 21.0 Å². The highest BCUT2D eigenvalue weighted by Gasteiger charge is 2.08. The topological polar surface area (TPSA) is 72.3 Å². The third-order valence-electron chi connectivity index (χ3n) is 1.83. The minimum absolute atomic E-state index is 0.00639. The van der Waals surface area contributed by atoms with E-state index < -0.39 is 0 Å². The van der Waals surface area contributed by atoms with Crippen LogP contribution < -0.4 is 11.5 Å². The fraction of sp³-hybridized carbons (Fsp3) is 0.667. The Morgan fingerprint density at radius 1 is 1.38 bits per heavy atom. The van der Waals surface area contributed by atoms with Gasteiger partial charge in [0, 0.05) is 25.6 Å². The van der Waals surface area contributed by atoms with Gasteiger partial charge in [0.1, 0.15) is 0 Å². The standard InChI is InChI=1S/C9H19N3O/c1-7(9(13)12(2)3)4-8(5-10)6-11/h4,8H,5-6,10-11H2,1-3H3/b7-4+. The van der Waals surface area contributed by atoms with Crippen molar-refractivity contribution in [3.63, 3.8) is 0 Å². The molecule has 0 radical (unpaired) electrons. The molecule has 0 saturated heterocycles. The molecule has 1 amide bonds. The van der Waals surface area contributed by atoms with Crippen molar-refractivity contribution in [3.05, 3.63) is 11.6 Å². The summed E-state index contributed by atoms with van der Waals surface area (Å²) in [6.45, 7) is 2.74. The Hall–Kier alpha value is -0.870. The maximum absolute atomic E-state index is 11.4. The highest BCUT2D eigenvalue weighted by Crippen LogP contribution is 2.03. The van der Waals surface area contributed by atoms with Gasteiger partial charge in [0.15, 0.2) is 0 Å². The molecule has 76 valence electrons. The summed E-state index contributed by atoms with van der Waals surface area (Å²) in [5.41, 5.74) is 11.6. The molecule has 0 heterocycles. The molecule has 4 N–H and O–H groups in total. The second-order valence-electron chi connectivity index (χ2n) is 3.28. The van der Waals surface area contributed by atoms with Gasteiger partial charge in [0.05, 0.1) is 0 Å². The Labute approximate surface area is 79.6 Å². The van der Waals surface area contributed by atoms with Gasteiger partial charge in [-0.1, -0.05) is 6.08 Å². The smallest absolute Gasteiger partial charge is 0.248 e. The highest BCUT2D eigenvalue weighted by atomic mass is 16.2. The molecule has 4 heteroatoms. The lowest BCUT2D eigenvalue weighted by Crippen LogP contribution is -2.26. The summed E-state index contributed by atoms with van der Waals surface area (Å²) < 4.78 is 0. The zero-order valence-corrected chi connectivity index (χ0v) is 8.58. The zero-order chi connectivity index (χ0) is 10.4. The van der Waals surface area contributed by atoms with Crippen LogP contribution in [0.15, 0.2) is 11.6 Å². The zero-order valence-electron chi connectivity index (χ0n) is 8.58. The van der Waals surface area contributed by atoms with Crippen molar-refractivity contribution in [2.24, 2.45) is 17.4 Å². The van der Waals surface area contributed by atoms with Crippen LogP contribution in [0.4, 0.5) is 0 Å². The lowest BCUT2D eigenvalue weighted by molar-refractivity contribution is -0.124. The maximum Gasteiger partial charge on any atom is 0.248 e. The average molecular weight is 185 g/mol. The molecule has 0 aliphatic rings. The van der Waals surface area contributed by atoms with Gasteiger partial charge >= 0.3 is 0 Å². The van der Waals surface area contributed by atoms with Gasteiger partial charge in [0.25, 0.3) is 0 Å². The lowest BCUT2D eigenvalue weighted by Gasteiger charge is -2.12. The predicted molar refractivity (Wildman–Crippen MR) is 54.0 cm³/mol. The quantitative estimate of drug-likeness (QED) is 0.583. The fourth-order valence-electron chi connectivity index (χ4n) is 1.01. The summed E-state index contributed by atoms with van der Waals surface area (Å²) in [5, 5.41) is 0. The van der Waals surface area contributed by atoms with Crippen molar-refractivity contribution in [2.45, 2.75) is 6.92 Å². The molecule has 0 atom stereocenters. The molecular formula is C9H19N3O. The van der Waals surface area contributed by atoms with Crippen LogP contribution in [0, 0.1) is 5.92 Å². The number of likely N-dealkylation sites (N-methyl/N-ethyl adjacent to an activating group) is 1. The first kappa shape index (κ1) is 12.1. The van der Waals surface area contributed by atoms with E-state index in [9.17, 15) is 4.79 Å². The molecule has 4 nitrogen and oxygen atoms in total. The summed E-state index contributed by atoms with van der Waals surface area (Å²) in [6, 6.07) is 0. The summed E-state index contributed by atoms with van der Waals surface area (Å²) in [7, 11) is 3.44. The molecule has 0 aromatic carbocycles. The van der Waals surface area contributed by atoms with E-state index in [1.165, 1.54) is 4.90 Å². The molecule has 0 unspecified atom stereocenters. The molecule has 0 aliphatic heterocycles. The van der Waals surface area contributed by atoms with Gasteiger partial charge in [-0.3, -0.25) is 4.79 Å². The highest BCUT2D eigenvalue weighted by molar-refractivity contribution is 5.92. The summed E-state index contributed by atoms with van der Waals surface area (Å²) in [6.07, 6.45) is 1.84. The van der Waals surface area contributed by atoms with E-state index in [1.807, 2.05) is 6.08 Å². The van der Waals surface area contributed by atoms with E-state index in [4.69, 9.17) is 11.5 Å². The van der Waals surface area contributed by atoms with Gasteiger partial charge in [-0.2, -0.15) is 0 Å². The second kappa shape index (κ2) is 5.72. The largest absolute Gasteiger partial charge is 0.345 e. The monoisotopic (exact) mass is 185 g/mol. The van der Waals surface area contributed by atoms with E-state index in [0.717, 1.165) is 0 Å². The number of rotatable bonds is 4. The fourth-order valence-corrected chi connectivity index (χ4v) is 1.01.